The first-order valence-corrected chi connectivity index (χ1v) is 1.74. The van der Waals surface area contributed by atoms with Gasteiger partial charge < -0.3 is 10.2 Å². The van der Waals surface area contributed by atoms with E-state index in [0.717, 1.165) is 0 Å². The molecule has 37 valence electrons. The van der Waals surface area contributed by atoms with E-state index in [0.29, 0.717) is 0 Å². The van der Waals surface area contributed by atoms with Crippen molar-refractivity contribution in [1.29, 1.82) is 0 Å². The third-order valence-electron chi connectivity index (χ3n) is 0.441. The topological polar surface area (TPSA) is 64.3 Å². The summed E-state index contributed by atoms with van der Waals surface area (Å²) >= 11 is 0. The lowest BCUT2D eigenvalue weighted by molar-refractivity contribution is 0.190. The van der Waals surface area contributed by atoms with E-state index in [-0.39, 0.29) is 13.2 Å². The first kappa shape index (κ1) is 5.88. The van der Waals surface area contributed by atoms with Crippen molar-refractivity contribution < 1.29 is 10.2 Å². The number of rotatable bonds is 2. The van der Waals surface area contributed by atoms with Crippen LogP contribution in [0.5, 0.6) is 0 Å². The second-order valence-electron chi connectivity index (χ2n) is 1.06. The summed E-state index contributed by atoms with van der Waals surface area (Å²) in [6.45, 7) is -0.507. The van der Waals surface area contributed by atoms with Gasteiger partial charge in [-0.3, -0.25) is 0 Å². The van der Waals surface area contributed by atoms with Crippen molar-refractivity contribution in [2.24, 2.45) is 0 Å². The summed E-state index contributed by atoms with van der Waals surface area (Å²) in [6.07, 6.45) is 0. The summed E-state index contributed by atoms with van der Waals surface area (Å²) in [5, 5.41) is 16.0. The molecule has 0 atom stereocenters. The van der Waals surface area contributed by atoms with Gasteiger partial charge in [-0.05, 0) is 0 Å². The van der Waals surface area contributed by atoms with Gasteiger partial charge in [-0.25, -0.2) is 5.73 Å². The van der Waals surface area contributed by atoms with Crippen LogP contribution in [0.4, 0.5) is 0 Å². The van der Waals surface area contributed by atoms with Crippen LogP contribution in [0.2, 0.25) is 0 Å². The highest BCUT2D eigenvalue weighted by Crippen LogP contribution is 1.69. The van der Waals surface area contributed by atoms with Crippen LogP contribution in [-0.2, 0) is 0 Å². The number of aliphatic hydroxyl groups excluding tert-OH is 2. The number of nitrogens with one attached hydrogen (secondary N) is 1. The molecule has 0 saturated heterocycles. The molecule has 0 saturated carbocycles. The largest absolute Gasteiger partial charge is 0.395 e. The smallest absolute Gasteiger partial charge is 0.0675 e. The fourth-order valence-electron chi connectivity index (χ4n) is 0.0577. The predicted molar refractivity (Wildman–Crippen MR) is 21.1 cm³/mol. The summed E-state index contributed by atoms with van der Waals surface area (Å²) in [5.41, 5.74) is 6.57. The number of hydrogen-bond donors (Lipinski definition) is 2. The molecule has 3 nitrogen and oxygen atoms in total. The Hall–Kier alpha value is -0.120. The Bertz CT molecular complexity index is 28.0. The van der Waals surface area contributed by atoms with Crippen molar-refractivity contribution in [1.82, 2.24) is 5.73 Å². The van der Waals surface area contributed by atoms with Crippen LogP contribution in [0.15, 0.2) is 0 Å². The molecule has 0 heterocycles. The fourth-order valence-corrected chi connectivity index (χ4v) is 0.0577. The SMILES string of the molecule is [NH]C(CO)CO. The van der Waals surface area contributed by atoms with Crippen molar-refractivity contribution in [2.45, 2.75) is 6.04 Å². The van der Waals surface area contributed by atoms with Crippen molar-refractivity contribution in [2.75, 3.05) is 13.2 Å². The molecule has 0 aliphatic carbocycles. The molecule has 0 aromatic rings. The first-order valence-electron chi connectivity index (χ1n) is 1.74. The van der Waals surface area contributed by atoms with Crippen LogP contribution in [-0.4, -0.2) is 29.5 Å². The van der Waals surface area contributed by atoms with E-state index in [4.69, 9.17) is 15.9 Å². The van der Waals surface area contributed by atoms with Crippen LogP contribution >= 0.6 is 0 Å². The van der Waals surface area contributed by atoms with E-state index < -0.39 is 6.04 Å². The molecule has 1 radical (unpaired) electrons. The average Bonchev–Trinajstić information content (AvgIpc) is 1.65. The van der Waals surface area contributed by atoms with Crippen molar-refractivity contribution in [3.8, 4) is 0 Å². The minimum Gasteiger partial charge on any atom is -0.395 e. The summed E-state index contributed by atoms with van der Waals surface area (Å²) in [7, 11) is 0. The zero-order valence-electron chi connectivity index (χ0n) is 3.39. The molecule has 3 N–H and O–H groups in total. The minimum atomic E-state index is -0.704. The van der Waals surface area contributed by atoms with Crippen LogP contribution in [0.25, 0.3) is 0 Å². The van der Waals surface area contributed by atoms with E-state index in [9.17, 15) is 0 Å². The molecule has 0 bridgehead atoms. The normalized spacial score (nSPS) is 10.0. The van der Waals surface area contributed by atoms with E-state index in [2.05, 4.69) is 0 Å². The fraction of sp³-hybridized carbons (Fsp3) is 1.00. The lowest BCUT2D eigenvalue weighted by Crippen LogP contribution is -2.18. The van der Waals surface area contributed by atoms with Gasteiger partial charge in [0, 0.05) is 0 Å². The Balaban J connectivity index is 2.75. The van der Waals surface area contributed by atoms with E-state index in [1.54, 1.807) is 0 Å². The van der Waals surface area contributed by atoms with Gasteiger partial charge in [-0.1, -0.05) is 0 Å². The molecule has 0 aromatic heterocycles. The van der Waals surface area contributed by atoms with Crippen molar-refractivity contribution >= 4 is 0 Å². The average molecular weight is 90.1 g/mol. The van der Waals surface area contributed by atoms with E-state index >= 15 is 0 Å². The highest BCUT2D eigenvalue weighted by atomic mass is 16.3. The van der Waals surface area contributed by atoms with Crippen molar-refractivity contribution in [3.63, 3.8) is 0 Å². The molecule has 6 heavy (non-hydrogen) atoms. The Morgan fingerprint density at radius 2 is 1.67 bits per heavy atom. The molecule has 0 spiro atoms. The maximum absolute atomic E-state index is 7.99. The molecular formula is C3H8NO2. The van der Waals surface area contributed by atoms with E-state index in [1.807, 2.05) is 0 Å². The zero-order chi connectivity index (χ0) is 4.99. The van der Waals surface area contributed by atoms with Gasteiger partial charge in [0.25, 0.3) is 0 Å². The quantitative estimate of drug-likeness (QED) is 0.439. The number of aliphatic hydroxyl groups is 2. The molecule has 0 rings (SSSR count). The van der Waals surface area contributed by atoms with Crippen LogP contribution in [0.1, 0.15) is 0 Å². The number of hydrogen-bond acceptors (Lipinski definition) is 2. The maximum Gasteiger partial charge on any atom is 0.0675 e. The minimum absolute atomic E-state index is 0.253. The Kier molecular flexibility index (Phi) is 3.02. The van der Waals surface area contributed by atoms with Crippen molar-refractivity contribution in [3.05, 3.63) is 0 Å². The first-order chi connectivity index (χ1) is 2.81. The predicted octanol–water partition coefficient (Wildman–Crippen LogP) is -1.38. The molecule has 0 unspecified atom stereocenters. The summed E-state index contributed by atoms with van der Waals surface area (Å²) in [5.74, 6) is 0. The lowest BCUT2D eigenvalue weighted by Gasteiger charge is -1.96. The van der Waals surface area contributed by atoms with Gasteiger partial charge in [0.15, 0.2) is 0 Å². The van der Waals surface area contributed by atoms with E-state index in [1.165, 1.54) is 0 Å². The third kappa shape index (κ3) is 2.14. The van der Waals surface area contributed by atoms with Gasteiger partial charge in [-0.15, -0.1) is 0 Å². The Labute approximate surface area is 36.4 Å². The van der Waals surface area contributed by atoms with Gasteiger partial charge in [0.2, 0.25) is 0 Å². The monoisotopic (exact) mass is 90.1 g/mol. The van der Waals surface area contributed by atoms with Gasteiger partial charge in [0.1, 0.15) is 0 Å². The van der Waals surface area contributed by atoms with Crippen LogP contribution in [0, 0.1) is 0 Å². The molecule has 0 aliphatic heterocycles. The second kappa shape index (κ2) is 3.08. The molecule has 0 aromatic carbocycles. The molecule has 3 heteroatoms. The summed E-state index contributed by atoms with van der Waals surface area (Å²) < 4.78 is 0. The highest BCUT2D eigenvalue weighted by molar-refractivity contribution is 4.51. The second-order valence-corrected chi connectivity index (χ2v) is 1.06. The van der Waals surface area contributed by atoms with Crippen LogP contribution < -0.4 is 5.73 Å². The zero-order valence-corrected chi connectivity index (χ0v) is 3.39. The highest BCUT2D eigenvalue weighted by Gasteiger charge is 1.93. The van der Waals surface area contributed by atoms with Crippen LogP contribution in [0.3, 0.4) is 0 Å². The summed E-state index contributed by atoms with van der Waals surface area (Å²) in [4.78, 5) is 0. The molecular weight excluding hydrogens is 82.0 g/mol. The lowest BCUT2D eigenvalue weighted by atomic mass is 10.4. The molecule has 0 amide bonds. The third-order valence-corrected chi connectivity index (χ3v) is 0.441. The van der Waals surface area contributed by atoms with Gasteiger partial charge in [-0.2, -0.15) is 0 Å². The maximum atomic E-state index is 7.99. The Morgan fingerprint density at radius 3 is 1.67 bits per heavy atom. The molecule has 0 aliphatic rings. The standard InChI is InChI=1S/C3H8NO2/c4-3(1-5)2-6/h3-6H,1-2H2. The Morgan fingerprint density at radius 1 is 1.33 bits per heavy atom. The van der Waals surface area contributed by atoms with Gasteiger partial charge >= 0.3 is 0 Å². The summed E-state index contributed by atoms with van der Waals surface area (Å²) in [6, 6.07) is -0.704. The molecule has 0 fully saturated rings. The van der Waals surface area contributed by atoms with Gasteiger partial charge in [0.05, 0.1) is 19.3 Å².